The average Bonchev–Trinajstić information content (AvgIpc) is 3.12. The normalized spacial score (nSPS) is 13.1. The monoisotopic (exact) mass is 328 g/mol. The van der Waals surface area contributed by atoms with Gasteiger partial charge in [0.2, 0.25) is 12.7 Å². The number of hydrazone groups is 1. The SMILES string of the molecule is Cn1c(N/N=C\c2cc3c(cc2Cl)OCO3)nc2ccccc21. The zero-order valence-electron chi connectivity index (χ0n) is 12.3. The first kappa shape index (κ1) is 13.9. The van der Waals surface area contributed by atoms with E-state index in [1.165, 1.54) is 0 Å². The van der Waals surface area contributed by atoms with Gasteiger partial charge in [0.1, 0.15) is 0 Å². The fourth-order valence-electron chi connectivity index (χ4n) is 2.44. The number of fused-ring (bicyclic) bond motifs is 2. The number of aromatic nitrogens is 2. The summed E-state index contributed by atoms with van der Waals surface area (Å²) >= 11 is 6.21. The fourth-order valence-corrected chi connectivity index (χ4v) is 2.64. The number of hydrogen-bond acceptors (Lipinski definition) is 5. The molecule has 1 aromatic heterocycles. The number of hydrogen-bond donors (Lipinski definition) is 1. The van der Waals surface area contributed by atoms with Gasteiger partial charge in [0, 0.05) is 18.7 Å². The van der Waals surface area contributed by atoms with Gasteiger partial charge in [-0.1, -0.05) is 23.7 Å². The Labute approximate surface area is 137 Å². The molecule has 0 spiro atoms. The van der Waals surface area contributed by atoms with E-state index in [0.717, 1.165) is 16.6 Å². The van der Waals surface area contributed by atoms with E-state index < -0.39 is 0 Å². The number of rotatable bonds is 3. The summed E-state index contributed by atoms with van der Waals surface area (Å²) in [5.41, 5.74) is 5.62. The lowest BCUT2D eigenvalue weighted by Crippen LogP contribution is -1.99. The van der Waals surface area contributed by atoms with Crippen molar-refractivity contribution in [3.8, 4) is 11.5 Å². The van der Waals surface area contributed by atoms with Crippen molar-refractivity contribution in [2.45, 2.75) is 0 Å². The van der Waals surface area contributed by atoms with Crippen LogP contribution in [0.4, 0.5) is 5.95 Å². The number of aryl methyl sites for hydroxylation is 1. The van der Waals surface area contributed by atoms with Crippen LogP contribution in [0.25, 0.3) is 11.0 Å². The minimum Gasteiger partial charge on any atom is -0.454 e. The van der Waals surface area contributed by atoms with Gasteiger partial charge in [-0.2, -0.15) is 5.10 Å². The number of nitrogens with zero attached hydrogens (tertiary/aromatic N) is 3. The molecule has 3 aromatic rings. The Morgan fingerprint density at radius 1 is 1.26 bits per heavy atom. The van der Waals surface area contributed by atoms with Crippen LogP contribution >= 0.6 is 11.6 Å². The fraction of sp³-hybridized carbons (Fsp3) is 0.125. The van der Waals surface area contributed by atoms with Crippen LogP contribution < -0.4 is 14.9 Å². The van der Waals surface area contributed by atoms with Gasteiger partial charge in [-0.15, -0.1) is 0 Å². The Bertz CT molecular complexity index is 920. The molecule has 6 nitrogen and oxygen atoms in total. The van der Waals surface area contributed by atoms with Crippen molar-refractivity contribution in [3.63, 3.8) is 0 Å². The summed E-state index contributed by atoms with van der Waals surface area (Å²) in [6.45, 7) is 0.213. The summed E-state index contributed by atoms with van der Waals surface area (Å²) in [4.78, 5) is 4.48. The van der Waals surface area contributed by atoms with E-state index in [-0.39, 0.29) is 6.79 Å². The Morgan fingerprint density at radius 2 is 2.04 bits per heavy atom. The van der Waals surface area contributed by atoms with Crippen LogP contribution in [0, 0.1) is 0 Å². The van der Waals surface area contributed by atoms with Crippen LogP contribution in [0.1, 0.15) is 5.56 Å². The molecule has 1 aliphatic rings. The number of para-hydroxylation sites is 2. The number of halogens is 1. The molecule has 0 radical (unpaired) electrons. The van der Waals surface area contributed by atoms with Gasteiger partial charge in [0.15, 0.2) is 11.5 Å². The number of ether oxygens (including phenoxy) is 2. The van der Waals surface area contributed by atoms with Crippen LogP contribution in [0.5, 0.6) is 11.5 Å². The van der Waals surface area contributed by atoms with Crippen molar-refractivity contribution in [3.05, 3.63) is 47.0 Å². The van der Waals surface area contributed by atoms with E-state index in [2.05, 4.69) is 15.5 Å². The van der Waals surface area contributed by atoms with Crippen LogP contribution in [0.15, 0.2) is 41.5 Å². The van der Waals surface area contributed by atoms with Crippen LogP contribution in [0.2, 0.25) is 5.02 Å². The number of benzene rings is 2. The maximum absolute atomic E-state index is 6.21. The molecule has 0 saturated carbocycles. The minimum absolute atomic E-state index is 0.213. The van der Waals surface area contributed by atoms with Crippen molar-refractivity contribution < 1.29 is 9.47 Å². The molecule has 0 amide bonds. The lowest BCUT2D eigenvalue weighted by atomic mass is 10.2. The zero-order chi connectivity index (χ0) is 15.8. The quantitative estimate of drug-likeness (QED) is 0.591. The third kappa shape index (κ3) is 2.47. The number of nitrogens with one attached hydrogen (secondary N) is 1. The average molecular weight is 329 g/mol. The second kappa shape index (κ2) is 5.48. The molecule has 0 atom stereocenters. The van der Waals surface area contributed by atoms with Gasteiger partial charge in [0.05, 0.1) is 22.3 Å². The summed E-state index contributed by atoms with van der Waals surface area (Å²) < 4.78 is 12.6. The van der Waals surface area contributed by atoms with Crippen LogP contribution in [-0.4, -0.2) is 22.6 Å². The molecule has 0 unspecified atom stereocenters. The molecule has 0 fully saturated rings. The van der Waals surface area contributed by atoms with Gasteiger partial charge >= 0.3 is 0 Å². The predicted octanol–water partition coefficient (Wildman–Crippen LogP) is 3.40. The highest BCUT2D eigenvalue weighted by Crippen LogP contribution is 2.36. The van der Waals surface area contributed by atoms with E-state index >= 15 is 0 Å². The van der Waals surface area contributed by atoms with E-state index in [4.69, 9.17) is 21.1 Å². The summed E-state index contributed by atoms with van der Waals surface area (Å²) in [6.07, 6.45) is 1.63. The smallest absolute Gasteiger partial charge is 0.231 e. The highest BCUT2D eigenvalue weighted by Gasteiger charge is 2.15. The van der Waals surface area contributed by atoms with Gasteiger partial charge in [0.25, 0.3) is 0 Å². The zero-order valence-corrected chi connectivity index (χ0v) is 13.0. The summed E-state index contributed by atoms with van der Waals surface area (Å²) in [5, 5.41) is 4.76. The van der Waals surface area contributed by atoms with Gasteiger partial charge < -0.3 is 14.0 Å². The summed E-state index contributed by atoms with van der Waals surface area (Å²) in [7, 11) is 1.93. The molecule has 23 heavy (non-hydrogen) atoms. The molecule has 1 aliphatic heterocycles. The molecule has 4 rings (SSSR count). The van der Waals surface area contributed by atoms with Crippen molar-refractivity contribution in [2.24, 2.45) is 12.1 Å². The third-order valence-corrected chi connectivity index (χ3v) is 3.97. The molecule has 0 bridgehead atoms. The third-order valence-electron chi connectivity index (χ3n) is 3.65. The van der Waals surface area contributed by atoms with E-state index in [1.54, 1.807) is 18.3 Å². The molecule has 1 N–H and O–H groups in total. The van der Waals surface area contributed by atoms with Crippen LogP contribution in [0.3, 0.4) is 0 Å². The number of anilines is 1. The molecule has 0 saturated heterocycles. The highest BCUT2D eigenvalue weighted by molar-refractivity contribution is 6.33. The van der Waals surface area contributed by atoms with Crippen LogP contribution in [-0.2, 0) is 7.05 Å². The first-order valence-electron chi connectivity index (χ1n) is 7.02. The Morgan fingerprint density at radius 3 is 2.87 bits per heavy atom. The van der Waals surface area contributed by atoms with Crippen molar-refractivity contribution in [1.29, 1.82) is 0 Å². The molecule has 0 aliphatic carbocycles. The van der Waals surface area contributed by atoms with Crippen molar-refractivity contribution >= 4 is 34.8 Å². The van der Waals surface area contributed by atoms with E-state index in [1.807, 2.05) is 35.9 Å². The second-order valence-corrected chi connectivity index (χ2v) is 5.49. The largest absolute Gasteiger partial charge is 0.454 e. The summed E-state index contributed by atoms with van der Waals surface area (Å²) in [6, 6.07) is 11.4. The Hall–Kier alpha value is -2.73. The minimum atomic E-state index is 0.213. The standard InChI is InChI=1S/C16H13ClN4O2/c1-21-13-5-3-2-4-12(13)19-16(21)20-18-8-10-6-14-15(7-11(10)17)23-9-22-14/h2-8H,9H2,1H3,(H,19,20)/b18-8-. The van der Waals surface area contributed by atoms with Gasteiger partial charge in [-0.3, -0.25) is 0 Å². The Kier molecular flexibility index (Phi) is 3.31. The number of imidazole rings is 1. The van der Waals surface area contributed by atoms with Gasteiger partial charge in [-0.05, 0) is 18.2 Å². The van der Waals surface area contributed by atoms with E-state index in [0.29, 0.717) is 22.5 Å². The van der Waals surface area contributed by atoms with E-state index in [9.17, 15) is 0 Å². The first-order valence-corrected chi connectivity index (χ1v) is 7.40. The summed E-state index contributed by atoms with van der Waals surface area (Å²) in [5.74, 6) is 1.97. The highest BCUT2D eigenvalue weighted by atomic mass is 35.5. The molecule has 2 heterocycles. The maximum Gasteiger partial charge on any atom is 0.231 e. The molecule has 116 valence electrons. The Balaban J connectivity index is 1.58. The van der Waals surface area contributed by atoms with Gasteiger partial charge in [-0.25, -0.2) is 10.4 Å². The second-order valence-electron chi connectivity index (χ2n) is 5.08. The lowest BCUT2D eigenvalue weighted by Gasteiger charge is -2.02. The van der Waals surface area contributed by atoms with Crippen molar-refractivity contribution in [2.75, 3.05) is 12.2 Å². The lowest BCUT2D eigenvalue weighted by molar-refractivity contribution is 0.174. The molecule has 2 aromatic carbocycles. The van der Waals surface area contributed by atoms with Crippen molar-refractivity contribution in [1.82, 2.24) is 9.55 Å². The molecular formula is C16H13ClN4O2. The topological polar surface area (TPSA) is 60.7 Å². The maximum atomic E-state index is 6.21. The first-order chi connectivity index (χ1) is 11.2. The predicted molar refractivity (Wildman–Crippen MR) is 89.5 cm³/mol. The molecular weight excluding hydrogens is 316 g/mol. The molecule has 7 heteroatoms.